The van der Waals surface area contributed by atoms with Gasteiger partial charge in [-0.05, 0) is 37.7 Å². The van der Waals surface area contributed by atoms with E-state index in [0.29, 0.717) is 6.42 Å². The number of ether oxygens (including phenoxy) is 1. The summed E-state index contributed by atoms with van der Waals surface area (Å²) in [7, 11) is 0. The van der Waals surface area contributed by atoms with Crippen LogP contribution in [0.4, 0.5) is 0 Å². The highest BCUT2D eigenvalue weighted by atomic mass is 16.5. The van der Waals surface area contributed by atoms with Crippen LogP contribution in [0.25, 0.3) is 0 Å². The van der Waals surface area contributed by atoms with Gasteiger partial charge in [0, 0.05) is 11.0 Å². The van der Waals surface area contributed by atoms with Gasteiger partial charge in [0.15, 0.2) is 0 Å². The zero-order chi connectivity index (χ0) is 11.9. The van der Waals surface area contributed by atoms with Gasteiger partial charge in [0.2, 0.25) is 0 Å². The lowest BCUT2D eigenvalue weighted by Gasteiger charge is -2.42. The third-order valence-corrected chi connectivity index (χ3v) is 4.40. The van der Waals surface area contributed by atoms with Crippen molar-refractivity contribution in [3.05, 3.63) is 29.8 Å². The summed E-state index contributed by atoms with van der Waals surface area (Å²) in [6.45, 7) is 2.31. The molecule has 0 bridgehead atoms. The van der Waals surface area contributed by atoms with Gasteiger partial charge in [-0.1, -0.05) is 25.1 Å². The Morgan fingerprint density at radius 3 is 2.71 bits per heavy atom. The van der Waals surface area contributed by atoms with Gasteiger partial charge in [-0.3, -0.25) is 4.79 Å². The monoisotopic (exact) mass is 230 g/mol. The second-order valence-electron chi connectivity index (χ2n) is 5.61. The normalized spacial score (nSPS) is 32.1. The summed E-state index contributed by atoms with van der Waals surface area (Å²) in [6.07, 6.45) is 5.26. The van der Waals surface area contributed by atoms with Crippen LogP contribution in [0.5, 0.6) is 5.75 Å². The number of esters is 1. The standard InChI is InChI=1S/C15H18O2/c1-11-6-8-15(9-7-11)10-14(16)17-13-5-3-2-4-12(13)15/h2-5,11H,6-10H2,1H3. The summed E-state index contributed by atoms with van der Waals surface area (Å²) in [5, 5.41) is 0. The van der Waals surface area contributed by atoms with Crippen LogP contribution < -0.4 is 4.74 Å². The number of benzene rings is 1. The van der Waals surface area contributed by atoms with Crippen LogP contribution in [-0.2, 0) is 10.2 Å². The first-order valence-corrected chi connectivity index (χ1v) is 6.50. The second kappa shape index (κ2) is 3.86. The van der Waals surface area contributed by atoms with Crippen LogP contribution in [0.3, 0.4) is 0 Å². The van der Waals surface area contributed by atoms with Gasteiger partial charge < -0.3 is 4.74 Å². The lowest BCUT2D eigenvalue weighted by atomic mass is 9.64. The van der Waals surface area contributed by atoms with Crippen LogP contribution in [0, 0.1) is 5.92 Å². The van der Waals surface area contributed by atoms with Crippen molar-refractivity contribution in [2.45, 2.75) is 44.4 Å². The van der Waals surface area contributed by atoms with Gasteiger partial charge in [0.25, 0.3) is 0 Å². The van der Waals surface area contributed by atoms with E-state index in [4.69, 9.17) is 4.74 Å². The molecule has 0 amide bonds. The van der Waals surface area contributed by atoms with Crippen molar-refractivity contribution in [3.63, 3.8) is 0 Å². The largest absolute Gasteiger partial charge is 0.426 e. The van der Waals surface area contributed by atoms with Crippen LogP contribution in [-0.4, -0.2) is 5.97 Å². The molecular formula is C15H18O2. The third-order valence-electron chi connectivity index (χ3n) is 4.40. The van der Waals surface area contributed by atoms with E-state index in [1.807, 2.05) is 12.1 Å². The minimum Gasteiger partial charge on any atom is -0.426 e. The van der Waals surface area contributed by atoms with Crippen LogP contribution in [0.15, 0.2) is 24.3 Å². The van der Waals surface area contributed by atoms with Gasteiger partial charge in [0.1, 0.15) is 5.75 Å². The van der Waals surface area contributed by atoms with E-state index in [9.17, 15) is 4.79 Å². The van der Waals surface area contributed by atoms with Crippen molar-refractivity contribution in [3.8, 4) is 5.75 Å². The molecule has 0 unspecified atom stereocenters. The Morgan fingerprint density at radius 1 is 1.24 bits per heavy atom. The van der Waals surface area contributed by atoms with Gasteiger partial charge >= 0.3 is 5.97 Å². The quantitative estimate of drug-likeness (QED) is 0.504. The average molecular weight is 230 g/mol. The third kappa shape index (κ3) is 1.76. The molecule has 2 heteroatoms. The molecule has 0 aromatic heterocycles. The number of hydrogen-bond acceptors (Lipinski definition) is 2. The molecule has 1 aliphatic carbocycles. The second-order valence-corrected chi connectivity index (χ2v) is 5.61. The molecule has 3 rings (SSSR count). The fourth-order valence-electron chi connectivity index (χ4n) is 3.28. The van der Waals surface area contributed by atoms with E-state index in [1.165, 1.54) is 18.4 Å². The van der Waals surface area contributed by atoms with Crippen molar-refractivity contribution < 1.29 is 9.53 Å². The first kappa shape index (κ1) is 10.8. The van der Waals surface area contributed by atoms with E-state index in [-0.39, 0.29) is 11.4 Å². The Kier molecular flexibility index (Phi) is 2.46. The maximum atomic E-state index is 11.8. The van der Waals surface area contributed by atoms with Crippen LogP contribution in [0.2, 0.25) is 0 Å². The summed E-state index contributed by atoms with van der Waals surface area (Å²) in [5.74, 6) is 1.53. The van der Waals surface area contributed by atoms with Gasteiger partial charge in [0.05, 0.1) is 6.42 Å². The molecule has 1 aromatic rings. The molecule has 0 atom stereocenters. The Morgan fingerprint density at radius 2 is 1.94 bits per heavy atom. The predicted octanol–water partition coefficient (Wildman–Crippen LogP) is 3.44. The number of hydrogen-bond donors (Lipinski definition) is 0. The molecule has 1 heterocycles. The van der Waals surface area contributed by atoms with Crippen molar-refractivity contribution in [1.29, 1.82) is 0 Å². The predicted molar refractivity (Wildman–Crippen MR) is 66.0 cm³/mol. The highest BCUT2D eigenvalue weighted by Gasteiger charge is 2.43. The highest BCUT2D eigenvalue weighted by molar-refractivity contribution is 5.77. The number of carbonyl (C=O) groups excluding carboxylic acids is 1. The molecule has 1 saturated carbocycles. The fourth-order valence-corrected chi connectivity index (χ4v) is 3.28. The van der Waals surface area contributed by atoms with E-state index in [1.54, 1.807) is 0 Å². The van der Waals surface area contributed by atoms with Gasteiger partial charge in [-0.2, -0.15) is 0 Å². The zero-order valence-electron chi connectivity index (χ0n) is 10.2. The SMILES string of the molecule is CC1CCC2(CC1)CC(=O)Oc1ccccc12. The van der Waals surface area contributed by atoms with Crippen LogP contribution >= 0.6 is 0 Å². The fraction of sp³-hybridized carbons (Fsp3) is 0.533. The Balaban J connectivity index is 2.02. The minimum absolute atomic E-state index is 0.0572. The summed E-state index contributed by atoms with van der Waals surface area (Å²) in [6, 6.07) is 8.05. The lowest BCUT2D eigenvalue weighted by Crippen LogP contribution is -2.38. The number of para-hydroxylation sites is 1. The first-order chi connectivity index (χ1) is 8.20. The summed E-state index contributed by atoms with van der Waals surface area (Å²) >= 11 is 0. The molecule has 17 heavy (non-hydrogen) atoms. The van der Waals surface area contributed by atoms with E-state index in [0.717, 1.165) is 24.5 Å². The van der Waals surface area contributed by atoms with Crippen LogP contribution in [0.1, 0.15) is 44.6 Å². The summed E-state index contributed by atoms with van der Waals surface area (Å²) in [5.41, 5.74) is 1.32. The molecule has 0 N–H and O–H groups in total. The molecule has 90 valence electrons. The molecule has 1 aliphatic heterocycles. The topological polar surface area (TPSA) is 26.3 Å². The molecule has 0 saturated heterocycles. The van der Waals surface area contributed by atoms with Gasteiger partial charge in [-0.25, -0.2) is 0 Å². The number of carbonyl (C=O) groups is 1. The Hall–Kier alpha value is -1.31. The van der Waals surface area contributed by atoms with Crippen molar-refractivity contribution in [2.75, 3.05) is 0 Å². The van der Waals surface area contributed by atoms with E-state index < -0.39 is 0 Å². The van der Waals surface area contributed by atoms with E-state index in [2.05, 4.69) is 19.1 Å². The molecule has 1 aromatic carbocycles. The molecule has 2 nitrogen and oxygen atoms in total. The zero-order valence-corrected chi connectivity index (χ0v) is 10.2. The molecule has 1 fully saturated rings. The van der Waals surface area contributed by atoms with E-state index >= 15 is 0 Å². The molecule has 0 radical (unpaired) electrons. The molecule has 2 aliphatic rings. The summed E-state index contributed by atoms with van der Waals surface area (Å²) in [4.78, 5) is 11.8. The van der Waals surface area contributed by atoms with Crippen molar-refractivity contribution >= 4 is 5.97 Å². The Bertz CT molecular complexity index is 442. The molecular weight excluding hydrogens is 212 g/mol. The summed E-state index contributed by atoms with van der Waals surface area (Å²) < 4.78 is 5.35. The maximum absolute atomic E-state index is 11.8. The smallest absolute Gasteiger partial charge is 0.312 e. The van der Waals surface area contributed by atoms with Crippen molar-refractivity contribution in [2.24, 2.45) is 5.92 Å². The van der Waals surface area contributed by atoms with Crippen molar-refractivity contribution in [1.82, 2.24) is 0 Å². The van der Waals surface area contributed by atoms with Gasteiger partial charge in [-0.15, -0.1) is 0 Å². The maximum Gasteiger partial charge on any atom is 0.312 e. The number of rotatable bonds is 0. The number of fused-ring (bicyclic) bond motifs is 2. The average Bonchev–Trinajstić information content (AvgIpc) is 2.33. The lowest BCUT2D eigenvalue weighted by molar-refractivity contribution is -0.138. The molecule has 1 spiro atoms. The highest BCUT2D eigenvalue weighted by Crippen LogP contribution is 2.49. The Labute approximate surface area is 102 Å². The minimum atomic E-state index is -0.0572. The first-order valence-electron chi connectivity index (χ1n) is 6.50.